The Kier molecular flexibility index (Phi) is 6.83. The molecule has 1 aliphatic rings. The Morgan fingerprint density at radius 2 is 1.66 bits per heavy atom. The SMILES string of the molecule is Cc1ccc(NC(=O)[C@@H](c2ccccc2)N2CCN(C(=O)c3ccncc3)CC2)cc1Cl. The number of piperazine rings is 1. The van der Waals surface area contributed by atoms with Crippen molar-refractivity contribution < 1.29 is 9.59 Å². The molecule has 164 valence electrons. The van der Waals surface area contributed by atoms with E-state index in [1.54, 1.807) is 30.6 Å². The Bertz CT molecular complexity index is 1080. The third kappa shape index (κ3) is 4.98. The highest BCUT2D eigenvalue weighted by Crippen LogP contribution is 2.26. The van der Waals surface area contributed by atoms with Crippen molar-refractivity contribution in [1.29, 1.82) is 0 Å². The maximum Gasteiger partial charge on any atom is 0.254 e. The summed E-state index contributed by atoms with van der Waals surface area (Å²) < 4.78 is 0. The first-order valence-corrected chi connectivity index (χ1v) is 11.0. The number of amides is 2. The van der Waals surface area contributed by atoms with Gasteiger partial charge in [0.2, 0.25) is 5.91 Å². The second-order valence-electron chi connectivity index (χ2n) is 7.83. The molecule has 4 rings (SSSR count). The molecule has 1 aliphatic heterocycles. The van der Waals surface area contributed by atoms with E-state index < -0.39 is 6.04 Å². The maximum atomic E-state index is 13.4. The topological polar surface area (TPSA) is 65.5 Å². The number of carbonyl (C=O) groups is 2. The summed E-state index contributed by atoms with van der Waals surface area (Å²) >= 11 is 6.24. The summed E-state index contributed by atoms with van der Waals surface area (Å²) in [5.41, 5.74) is 3.16. The number of aryl methyl sites for hydroxylation is 1. The van der Waals surface area contributed by atoms with Gasteiger partial charge in [-0.25, -0.2) is 0 Å². The summed E-state index contributed by atoms with van der Waals surface area (Å²) in [5, 5.41) is 3.63. The first-order valence-electron chi connectivity index (χ1n) is 10.6. The molecule has 2 aromatic carbocycles. The Balaban J connectivity index is 1.50. The van der Waals surface area contributed by atoms with Crippen LogP contribution in [0.15, 0.2) is 73.1 Å². The van der Waals surface area contributed by atoms with E-state index in [4.69, 9.17) is 11.6 Å². The quantitative estimate of drug-likeness (QED) is 0.635. The summed E-state index contributed by atoms with van der Waals surface area (Å²) in [7, 11) is 0. The van der Waals surface area contributed by atoms with Gasteiger partial charge in [-0.05, 0) is 42.3 Å². The Hall–Kier alpha value is -3.22. The van der Waals surface area contributed by atoms with Crippen LogP contribution in [0.4, 0.5) is 5.69 Å². The van der Waals surface area contributed by atoms with Gasteiger partial charge in [-0.3, -0.25) is 19.5 Å². The van der Waals surface area contributed by atoms with E-state index in [2.05, 4.69) is 15.2 Å². The van der Waals surface area contributed by atoms with Gasteiger partial charge in [-0.15, -0.1) is 0 Å². The van der Waals surface area contributed by atoms with Gasteiger partial charge in [0.15, 0.2) is 0 Å². The standard InChI is InChI=1S/C25H25ClN4O2/c1-18-7-8-21(17-22(18)26)28-24(31)23(19-5-3-2-4-6-19)29-13-15-30(16-14-29)25(32)20-9-11-27-12-10-20/h2-12,17,23H,13-16H2,1H3,(H,28,31)/t23-/m1/s1. The van der Waals surface area contributed by atoms with Crippen LogP contribution < -0.4 is 5.32 Å². The molecular weight excluding hydrogens is 424 g/mol. The van der Waals surface area contributed by atoms with Gasteiger partial charge in [0.05, 0.1) is 0 Å². The molecule has 7 heteroatoms. The van der Waals surface area contributed by atoms with Gasteiger partial charge in [-0.2, -0.15) is 0 Å². The highest BCUT2D eigenvalue weighted by atomic mass is 35.5. The van der Waals surface area contributed by atoms with E-state index in [1.807, 2.05) is 54.3 Å². The minimum atomic E-state index is -0.463. The third-order valence-corrected chi connectivity index (χ3v) is 6.10. The number of nitrogens with zero attached hydrogens (tertiary/aromatic N) is 3. The predicted molar refractivity (Wildman–Crippen MR) is 126 cm³/mol. The molecule has 1 atom stereocenters. The molecule has 1 saturated heterocycles. The summed E-state index contributed by atoms with van der Waals surface area (Å²) in [6.45, 7) is 4.21. The summed E-state index contributed by atoms with van der Waals surface area (Å²) in [6, 6.07) is 18.2. The zero-order valence-electron chi connectivity index (χ0n) is 17.9. The average Bonchev–Trinajstić information content (AvgIpc) is 2.83. The fourth-order valence-corrected chi connectivity index (χ4v) is 4.09. The summed E-state index contributed by atoms with van der Waals surface area (Å²) in [4.78, 5) is 34.1. The smallest absolute Gasteiger partial charge is 0.254 e. The number of anilines is 1. The van der Waals surface area contributed by atoms with Gasteiger partial charge in [0.25, 0.3) is 5.91 Å². The minimum absolute atomic E-state index is 0.0120. The van der Waals surface area contributed by atoms with E-state index in [9.17, 15) is 9.59 Å². The van der Waals surface area contributed by atoms with Crippen LogP contribution in [0.5, 0.6) is 0 Å². The summed E-state index contributed by atoms with van der Waals surface area (Å²) in [5.74, 6) is -0.132. The van der Waals surface area contributed by atoms with Gasteiger partial charge < -0.3 is 10.2 Å². The fourth-order valence-electron chi connectivity index (χ4n) is 3.90. The lowest BCUT2D eigenvalue weighted by Crippen LogP contribution is -2.51. The molecule has 3 aromatic rings. The first kappa shape index (κ1) is 22.0. The van der Waals surface area contributed by atoms with Gasteiger partial charge in [0.1, 0.15) is 6.04 Å². The number of pyridine rings is 1. The first-order chi connectivity index (χ1) is 15.5. The second-order valence-corrected chi connectivity index (χ2v) is 8.24. The van der Waals surface area contributed by atoms with Crippen LogP contribution in [-0.2, 0) is 4.79 Å². The van der Waals surface area contributed by atoms with Crippen molar-refractivity contribution in [2.24, 2.45) is 0 Å². The number of aromatic nitrogens is 1. The lowest BCUT2D eigenvalue weighted by molar-refractivity contribution is -0.122. The second kappa shape index (κ2) is 9.94. The Morgan fingerprint density at radius 1 is 0.969 bits per heavy atom. The zero-order chi connectivity index (χ0) is 22.5. The van der Waals surface area contributed by atoms with Crippen molar-refractivity contribution in [2.75, 3.05) is 31.5 Å². The molecule has 0 spiro atoms. The zero-order valence-corrected chi connectivity index (χ0v) is 18.6. The minimum Gasteiger partial charge on any atom is -0.336 e. The molecule has 0 saturated carbocycles. The lowest BCUT2D eigenvalue weighted by Gasteiger charge is -2.38. The molecule has 0 aliphatic carbocycles. The predicted octanol–water partition coefficient (Wildman–Crippen LogP) is 4.18. The Morgan fingerprint density at radius 3 is 2.31 bits per heavy atom. The van der Waals surface area contributed by atoms with Crippen LogP contribution >= 0.6 is 11.6 Å². The molecule has 6 nitrogen and oxygen atoms in total. The van der Waals surface area contributed by atoms with Crippen molar-refractivity contribution in [3.05, 3.63) is 94.8 Å². The molecule has 0 radical (unpaired) electrons. The normalized spacial score (nSPS) is 15.2. The fraction of sp³-hybridized carbons (Fsp3) is 0.240. The molecule has 1 N–H and O–H groups in total. The van der Waals surface area contributed by atoms with E-state index in [0.717, 1.165) is 11.1 Å². The maximum absolute atomic E-state index is 13.4. The van der Waals surface area contributed by atoms with Crippen molar-refractivity contribution in [2.45, 2.75) is 13.0 Å². The van der Waals surface area contributed by atoms with Crippen LogP contribution in [0.3, 0.4) is 0 Å². The van der Waals surface area contributed by atoms with Crippen LogP contribution in [0.25, 0.3) is 0 Å². The number of benzene rings is 2. The molecule has 32 heavy (non-hydrogen) atoms. The molecule has 1 aromatic heterocycles. The van der Waals surface area contributed by atoms with Crippen LogP contribution in [0.2, 0.25) is 5.02 Å². The molecule has 0 unspecified atom stereocenters. The number of halogens is 1. The molecule has 0 bridgehead atoms. The van der Waals surface area contributed by atoms with Crippen LogP contribution in [0.1, 0.15) is 27.5 Å². The van der Waals surface area contributed by atoms with E-state index in [-0.39, 0.29) is 11.8 Å². The molecule has 2 amide bonds. The number of rotatable bonds is 5. The van der Waals surface area contributed by atoms with Crippen LogP contribution in [-0.4, -0.2) is 52.8 Å². The van der Waals surface area contributed by atoms with Crippen molar-refractivity contribution in [3.63, 3.8) is 0 Å². The monoisotopic (exact) mass is 448 g/mol. The number of carbonyl (C=O) groups excluding carboxylic acids is 2. The average molecular weight is 449 g/mol. The van der Waals surface area contributed by atoms with Crippen LogP contribution in [0, 0.1) is 6.92 Å². The van der Waals surface area contributed by atoms with Crippen molar-refractivity contribution in [1.82, 2.24) is 14.8 Å². The number of nitrogens with one attached hydrogen (secondary N) is 1. The van der Waals surface area contributed by atoms with Gasteiger partial charge >= 0.3 is 0 Å². The Labute approximate surface area is 192 Å². The molecule has 2 heterocycles. The molecular formula is C25H25ClN4O2. The molecule has 1 fully saturated rings. The lowest BCUT2D eigenvalue weighted by atomic mass is 10.0. The highest BCUT2D eigenvalue weighted by molar-refractivity contribution is 6.31. The highest BCUT2D eigenvalue weighted by Gasteiger charge is 2.32. The van der Waals surface area contributed by atoms with Crippen molar-refractivity contribution in [3.8, 4) is 0 Å². The van der Waals surface area contributed by atoms with E-state index in [1.165, 1.54) is 0 Å². The van der Waals surface area contributed by atoms with E-state index in [0.29, 0.717) is 42.5 Å². The third-order valence-electron chi connectivity index (χ3n) is 5.70. The van der Waals surface area contributed by atoms with E-state index >= 15 is 0 Å². The number of hydrogen-bond donors (Lipinski definition) is 1. The summed E-state index contributed by atoms with van der Waals surface area (Å²) in [6.07, 6.45) is 3.24. The number of hydrogen-bond acceptors (Lipinski definition) is 4. The van der Waals surface area contributed by atoms with Gasteiger partial charge in [-0.1, -0.05) is 48.0 Å². The van der Waals surface area contributed by atoms with Gasteiger partial charge in [0, 0.05) is 54.8 Å². The van der Waals surface area contributed by atoms with Crippen molar-refractivity contribution >= 4 is 29.1 Å². The largest absolute Gasteiger partial charge is 0.336 e.